The number of nitrogens with one attached hydrogen (secondary N) is 1. The molecular formula is C14H18N2O2. The average Bonchev–Trinajstić information content (AvgIpc) is 2.73. The number of nitrogen functional groups attached to an aromatic ring is 1. The monoisotopic (exact) mass is 246 g/mol. The predicted molar refractivity (Wildman–Crippen MR) is 69.5 cm³/mol. The van der Waals surface area contributed by atoms with Crippen LogP contribution in [0.25, 0.3) is 0 Å². The van der Waals surface area contributed by atoms with E-state index < -0.39 is 0 Å². The van der Waals surface area contributed by atoms with Gasteiger partial charge >= 0.3 is 0 Å². The Hall–Kier alpha value is -1.71. The maximum absolute atomic E-state index is 11.5. The molecule has 1 amide bonds. The van der Waals surface area contributed by atoms with Crippen molar-refractivity contribution in [2.24, 2.45) is 0 Å². The SMILES string of the molecule is Nc1cc2c(cc1OC1CCCCC1)CNC2=O. The molecule has 2 aliphatic rings. The highest BCUT2D eigenvalue weighted by atomic mass is 16.5. The molecule has 1 aliphatic heterocycles. The Balaban J connectivity index is 1.82. The Labute approximate surface area is 107 Å². The minimum absolute atomic E-state index is 0.0408. The first kappa shape index (κ1) is 11.4. The lowest BCUT2D eigenvalue weighted by molar-refractivity contribution is 0.0966. The Morgan fingerprint density at radius 3 is 2.78 bits per heavy atom. The molecule has 4 nitrogen and oxygen atoms in total. The molecule has 1 heterocycles. The van der Waals surface area contributed by atoms with Gasteiger partial charge in [-0.3, -0.25) is 4.79 Å². The molecule has 18 heavy (non-hydrogen) atoms. The summed E-state index contributed by atoms with van der Waals surface area (Å²) in [5, 5.41) is 2.79. The van der Waals surface area contributed by atoms with Gasteiger partial charge in [-0.15, -0.1) is 0 Å². The van der Waals surface area contributed by atoms with Crippen LogP contribution in [-0.4, -0.2) is 12.0 Å². The number of hydrogen-bond donors (Lipinski definition) is 2. The third-order valence-electron chi connectivity index (χ3n) is 3.77. The first-order chi connectivity index (χ1) is 8.74. The minimum Gasteiger partial charge on any atom is -0.488 e. The largest absolute Gasteiger partial charge is 0.488 e. The normalized spacial score (nSPS) is 19.4. The van der Waals surface area contributed by atoms with Crippen LogP contribution in [-0.2, 0) is 6.54 Å². The zero-order valence-electron chi connectivity index (χ0n) is 10.4. The number of rotatable bonds is 2. The van der Waals surface area contributed by atoms with Gasteiger partial charge in [0.15, 0.2) is 0 Å². The van der Waals surface area contributed by atoms with Crippen LogP contribution in [0.2, 0.25) is 0 Å². The number of anilines is 1. The molecule has 96 valence electrons. The average molecular weight is 246 g/mol. The van der Waals surface area contributed by atoms with Crippen LogP contribution in [0.15, 0.2) is 12.1 Å². The van der Waals surface area contributed by atoms with Gasteiger partial charge in [-0.2, -0.15) is 0 Å². The van der Waals surface area contributed by atoms with E-state index >= 15 is 0 Å². The lowest BCUT2D eigenvalue weighted by atomic mass is 9.97. The summed E-state index contributed by atoms with van der Waals surface area (Å²) in [5.41, 5.74) is 8.20. The number of benzene rings is 1. The first-order valence-electron chi connectivity index (χ1n) is 6.61. The summed E-state index contributed by atoms with van der Waals surface area (Å²) < 4.78 is 5.98. The van der Waals surface area contributed by atoms with E-state index in [2.05, 4.69) is 5.32 Å². The molecule has 4 heteroatoms. The zero-order chi connectivity index (χ0) is 12.5. The van der Waals surface area contributed by atoms with Gasteiger partial charge in [-0.25, -0.2) is 0 Å². The smallest absolute Gasteiger partial charge is 0.251 e. The van der Waals surface area contributed by atoms with Crippen molar-refractivity contribution in [3.8, 4) is 5.75 Å². The molecule has 1 aliphatic carbocycles. The van der Waals surface area contributed by atoms with Crippen molar-refractivity contribution >= 4 is 11.6 Å². The second-order valence-corrected chi connectivity index (χ2v) is 5.11. The fourth-order valence-electron chi connectivity index (χ4n) is 2.73. The van der Waals surface area contributed by atoms with Gasteiger partial charge in [0.25, 0.3) is 5.91 Å². The van der Waals surface area contributed by atoms with Gasteiger partial charge < -0.3 is 15.8 Å². The number of hydrogen-bond acceptors (Lipinski definition) is 3. The van der Waals surface area contributed by atoms with Gasteiger partial charge in [0.05, 0.1) is 11.8 Å². The summed E-state index contributed by atoms with van der Waals surface area (Å²) in [6, 6.07) is 3.65. The highest BCUT2D eigenvalue weighted by Crippen LogP contribution is 2.31. The van der Waals surface area contributed by atoms with Crippen LogP contribution < -0.4 is 15.8 Å². The van der Waals surface area contributed by atoms with Crippen LogP contribution >= 0.6 is 0 Å². The van der Waals surface area contributed by atoms with Crippen molar-refractivity contribution < 1.29 is 9.53 Å². The van der Waals surface area contributed by atoms with Gasteiger partial charge in [0, 0.05) is 12.1 Å². The summed E-state index contributed by atoms with van der Waals surface area (Å²) >= 11 is 0. The highest BCUT2D eigenvalue weighted by molar-refractivity contribution is 5.99. The maximum atomic E-state index is 11.5. The molecule has 1 saturated carbocycles. The second-order valence-electron chi connectivity index (χ2n) is 5.11. The third-order valence-corrected chi connectivity index (χ3v) is 3.77. The lowest BCUT2D eigenvalue weighted by Gasteiger charge is -2.24. The van der Waals surface area contributed by atoms with E-state index in [0.29, 0.717) is 17.8 Å². The predicted octanol–water partition coefficient (Wildman–Crippen LogP) is 2.22. The van der Waals surface area contributed by atoms with E-state index in [1.54, 1.807) is 6.07 Å². The van der Waals surface area contributed by atoms with E-state index in [1.807, 2.05) is 6.07 Å². The standard InChI is InChI=1S/C14H18N2O2/c15-12-7-11-9(8-16-14(11)17)6-13(12)18-10-4-2-1-3-5-10/h6-7,10H,1-5,8,15H2,(H,16,17). The molecule has 0 radical (unpaired) electrons. The van der Waals surface area contributed by atoms with Crippen molar-refractivity contribution in [3.63, 3.8) is 0 Å². The molecule has 0 spiro atoms. The first-order valence-corrected chi connectivity index (χ1v) is 6.61. The number of ether oxygens (including phenoxy) is 1. The van der Waals surface area contributed by atoms with Gasteiger partial charge in [0.1, 0.15) is 5.75 Å². The molecule has 0 aromatic heterocycles. The van der Waals surface area contributed by atoms with E-state index in [0.717, 1.165) is 24.2 Å². The molecule has 0 atom stereocenters. The number of nitrogens with two attached hydrogens (primary N) is 1. The Morgan fingerprint density at radius 2 is 2.00 bits per heavy atom. The molecule has 0 unspecified atom stereocenters. The molecule has 1 aromatic carbocycles. The van der Waals surface area contributed by atoms with Crippen LogP contribution in [0, 0.1) is 0 Å². The van der Waals surface area contributed by atoms with Crippen molar-refractivity contribution in [3.05, 3.63) is 23.3 Å². The topological polar surface area (TPSA) is 64.3 Å². The Morgan fingerprint density at radius 1 is 1.22 bits per heavy atom. The molecule has 3 rings (SSSR count). The molecule has 1 aromatic rings. The van der Waals surface area contributed by atoms with Gasteiger partial charge in [0.2, 0.25) is 0 Å². The van der Waals surface area contributed by atoms with E-state index in [-0.39, 0.29) is 12.0 Å². The number of carbonyl (C=O) groups excluding carboxylic acids is 1. The molecule has 1 fully saturated rings. The summed E-state index contributed by atoms with van der Waals surface area (Å²) in [7, 11) is 0. The Kier molecular flexibility index (Phi) is 2.86. The summed E-state index contributed by atoms with van der Waals surface area (Å²) in [4.78, 5) is 11.5. The number of amides is 1. The quantitative estimate of drug-likeness (QED) is 0.786. The summed E-state index contributed by atoms with van der Waals surface area (Å²) in [6.45, 7) is 0.579. The van der Waals surface area contributed by atoms with Gasteiger partial charge in [-0.05, 0) is 43.4 Å². The maximum Gasteiger partial charge on any atom is 0.251 e. The lowest BCUT2D eigenvalue weighted by Crippen LogP contribution is -2.20. The van der Waals surface area contributed by atoms with Crippen molar-refractivity contribution in [1.82, 2.24) is 5.32 Å². The van der Waals surface area contributed by atoms with Crippen molar-refractivity contribution in [2.75, 3.05) is 5.73 Å². The van der Waals surface area contributed by atoms with E-state index in [4.69, 9.17) is 10.5 Å². The van der Waals surface area contributed by atoms with Crippen molar-refractivity contribution in [1.29, 1.82) is 0 Å². The zero-order valence-corrected chi connectivity index (χ0v) is 10.4. The highest BCUT2D eigenvalue weighted by Gasteiger charge is 2.22. The fraction of sp³-hybridized carbons (Fsp3) is 0.500. The van der Waals surface area contributed by atoms with Gasteiger partial charge in [-0.1, -0.05) is 6.42 Å². The van der Waals surface area contributed by atoms with E-state index in [9.17, 15) is 4.79 Å². The van der Waals surface area contributed by atoms with Crippen LogP contribution in [0.3, 0.4) is 0 Å². The molecular weight excluding hydrogens is 228 g/mol. The fourth-order valence-corrected chi connectivity index (χ4v) is 2.73. The molecule has 3 N–H and O–H groups in total. The van der Waals surface area contributed by atoms with Crippen LogP contribution in [0.4, 0.5) is 5.69 Å². The second kappa shape index (κ2) is 4.52. The number of fused-ring (bicyclic) bond motifs is 1. The van der Waals surface area contributed by atoms with Crippen LogP contribution in [0.5, 0.6) is 5.75 Å². The van der Waals surface area contributed by atoms with Crippen LogP contribution in [0.1, 0.15) is 48.0 Å². The third kappa shape index (κ3) is 2.03. The molecule has 0 bridgehead atoms. The summed E-state index contributed by atoms with van der Waals surface area (Å²) in [5.74, 6) is 0.693. The van der Waals surface area contributed by atoms with E-state index in [1.165, 1.54) is 19.3 Å². The number of carbonyl (C=O) groups is 1. The van der Waals surface area contributed by atoms with Crippen molar-refractivity contribution in [2.45, 2.75) is 44.8 Å². The Bertz CT molecular complexity index is 479. The molecule has 0 saturated heterocycles. The summed E-state index contributed by atoms with van der Waals surface area (Å²) in [6.07, 6.45) is 6.26. The minimum atomic E-state index is -0.0408.